The van der Waals surface area contributed by atoms with Crippen LogP contribution in [0.1, 0.15) is 61.3 Å². The van der Waals surface area contributed by atoms with Gasteiger partial charge in [0.2, 0.25) is 0 Å². The highest BCUT2D eigenvalue weighted by atomic mass is 14.5. The van der Waals surface area contributed by atoms with Gasteiger partial charge in [0.1, 0.15) is 0 Å². The summed E-state index contributed by atoms with van der Waals surface area (Å²) in [5, 5.41) is 0. The first kappa shape index (κ1) is 14.5. The van der Waals surface area contributed by atoms with Crippen molar-refractivity contribution in [2.24, 2.45) is 22.2 Å². The highest BCUT2D eigenvalue weighted by molar-refractivity contribution is 5.28. The highest BCUT2D eigenvalue weighted by Crippen LogP contribution is 2.58. The summed E-state index contributed by atoms with van der Waals surface area (Å²) in [4.78, 5) is 0. The van der Waals surface area contributed by atoms with Gasteiger partial charge >= 0.3 is 0 Å². The Kier molecular flexibility index (Phi) is 3.68. The molecule has 0 aromatic rings. The molecule has 98 valence electrons. The third-order valence-corrected chi connectivity index (χ3v) is 4.60. The third kappa shape index (κ3) is 3.03. The first-order chi connectivity index (χ1) is 7.48. The van der Waals surface area contributed by atoms with E-state index >= 15 is 0 Å². The molecule has 1 aliphatic carbocycles. The molecule has 0 heterocycles. The summed E-state index contributed by atoms with van der Waals surface area (Å²) in [7, 11) is 0. The zero-order chi connectivity index (χ0) is 13.5. The Balaban J connectivity index is 2.92. The first-order valence-corrected chi connectivity index (χ1v) is 6.87. The summed E-state index contributed by atoms with van der Waals surface area (Å²) < 4.78 is 0. The Morgan fingerprint density at radius 2 is 1.71 bits per heavy atom. The average Bonchev–Trinajstić information content (AvgIpc) is 2.31. The van der Waals surface area contributed by atoms with Gasteiger partial charge in [0.05, 0.1) is 0 Å². The van der Waals surface area contributed by atoms with Crippen LogP contribution in [0.5, 0.6) is 0 Å². The Labute approximate surface area is 108 Å². The van der Waals surface area contributed by atoms with Gasteiger partial charge < -0.3 is 0 Å². The number of allylic oxidation sites excluding steroid dienone is 3. The number of hydrogen-bond acceptors (Lipinski definition) is 0. The van der Waals surface area contributed by atoms with Crippen LogP contribution in [-0.4, -0.2) is 0 Å². The lowest BCUT2D eigenvalue weighted by atomic mass is 9.65. The fraction of sp³-hybridized carbons (Fsp3) is 0.765. The van der Waals surface area contributed by atoms with E-state index in [-0.39, 0.29) is 10.8 Å². The molecule has 0 N–H and O–H groups in total. The molecule has 0 saturated heterocycles. The second-order valence-electron chi connectivity index (χ2n) is 7.95. The lowest BCUT2D eigenvalue weighted by molar-refractivity contribution is 0.182. The minimum absolute atomic E-state index is 0.244. The summed E-state index contributed by atoms with van der Waals surface area (Å²) >= 11 is 0. The zero-order valence-electron chi connectivity index (χ0n) is 12.9. The summed E-state index contributed by atoms with van der Waals surface area (Å²) in [5.74, 6) is 0.815. The SMILES string of the molecule is C=C(/C=C/C(C)(C)C)C1(C)CC(C)CC1(C)C. The van der Waals surface area contributed by atoms with Crippen LogP contribution < -0.4 is 0 Å². The summed E-state index contributed by atoms with van der Waals surface area (Å²) in [6.45, 7) is 20.6. The molecule has 2 unspecified atom stereocenters. The molecule has 2 atom stereocenters. The van der Waals surface area contributed by atoms with E-state index in [9.17, 15) is 0 Å². The van der Waals surface area contributed by atoms with Gasteiger partial charge in [0, 0.05) is 0 Å². The van der Waals surface area contributed by atoms with Crippen molar-refractivity contribution in [3.63, 3.8) is 0 Å². The van der Waals surface area contributed by atoms with Crippen molar-refractivity contribution >= 4 is 0 Å². The Hall–Kier alpha value is -0.520. The first-order valence-electron chi connectivity index (χ1n) is 6.87. The number of rotatable bonds is 2. The van der Waals surface area contributed by atoms with Crippen LogP contribution in [0.4, 0.5) is 0 Å². The van der Waals surface area contributed by atoms with E-state index in [1.165, 1.54) is 18.4 Å². The molecular formula is C17H30. The predicted octanol–water partition coefficient (Wildman–Crippen LogP) is 5.61. The molecular weight excluding hydrogens is 204 g/mol. The molecule has 1 saturated carbocycles. The Morgan fingerprint density at radius 1 is 1.18 bits per heavy atom. The van der Waals surface area contributed by atoms with Crippen molar-refractivity contribution in [1.29, 1.82) is 0 Å². The quantitative estimate of drug-likeness (QED) is 0.545. The van der Waals surface area contributed by atoms with Gasteiger partial charge in [-0.15, -0.1) is 0 Å². The van der Waals surface area contributed by atoms with Gasteiger partial charge in [-0.2, -0.15) is 0 Å². The summed E-state index contributed by atoms with van der Waals surface area (Å²) in [6, 6.07) is 0. The highest BCUT2D eigenvalue weighted by Gasteiger charge is 2.48. The largest absolute Gasteiger partial charge is 0.0953 e. The van der Waals surface area contributed by atoms with Crippen molar-refractivity contribution in [2.75, 3.05) is 0 Å². The monoisotopic (exact) mass is 234 g/mol. The second-order valence-corrected chi connectivity index (χ2v) is 7.95. The van der Waals surface area contributed by atoms with E-state index in [0.29, 0.717) is 5.41 Å². The van der Waals surface area contributed by atoms with Crippen molar-refractivity contribution in [3.8, 4) is 0 Å². The maximum Gasteiger partial charge on any atom is -0.00275 e. The molecule has 0 nitrogen and oxygen atoms in total. The molecule has 0 heteroatoms. The van der Waals surface area contributed by atoms with Gasteiger partial charge in [-0.1, -0.05) is 67.2 Å². The van der Waals surface area contributed by atoms with Crippen molar-refractivity contribution < 1.29 is 0 Å². The van der Waals surface area contributed by atoms with Crippen LogP contribution in [0.2, 0.25) is 0 Å². The average molecular weight is 234 g/mol. The fourth-order valence-electron chi connectivity index (χ4n) is 3.24. The van der Waals surface area contributed by atoms with Gasteiger partial charge in [-0.3, -0.25) is 0 Å². The molecule has 1 rings (SSSR count). The smallest absolute Gasteiger partial charge is 0.00275 e. The molecule has 17 heavy (non-hydrogen) atoms. The molecule has 0 radical (unpaired) electrons. The van der Waals surface area contributed by atoms with Crippen molar-refractivity contribution in [1.82, 2.24) is 0 Å². The minimum Gasteiger partial charge on any atom is -0.0953 e. The van der Waals surface area contributed by atoms with Crippen LogP contribution in [0.15, 0.2) is 24.3 Å². The Bertz CT molecular complexity index is 324. The van der Waals surface area contributed by atoms with Crippen LogP contribution >= 0.6 is 0 Å². The Morgan fingerprint density at radius 3 is 2.06 bits per heavy atom. The van der Waals surface area contributed by atoms with Crippen LogP contribution in [0.25, 0.3) is 0 Å². The molecule has 0 bridgehead atoms. The molecule has 0 aromatic carbocycles. The second kappa shape index (κ2) is 4.30. The maximum absolute atomic E-state index is 4.35. The third-order valence-electron chi connectivity index (χ3n) is 4.60. The molecule has 0 spiro atoms. The molecule has 0 aromatic heterocycles. The van der Waals surface area contributed by atoms with E-state index in [0.717, 1.165) is 5.92 Å². The maximum atomic E-state index is 4.35. The van der Waals surface area contributed by atoms with Gasteiger partial charge in [0.15, 0.2) is 0 Å². The molecule has 0 aliphatic heterocycles. The lowest BCUT2D eigenvalue weighted by Gasteiger charge is -2.39. The van der Waals surface area contributed by atoms with E-state index in [1.54, 1.807) is 0 Å². The van der Waals surface area contributed by atoms with E-state index in [4.69, 9.17) is 0 Å². The normalized spacial score (nSPS) is 33.2. The van der Waals surface area contributed by atoms with Crippen molar-refractivity contribution in [2.45, 2.75) is 61.3 Å². The topological polar surface area (TPSA) is 0 Å². The van der Waals surface area contributed by atoms with E-state index in [1.807, 2.05) is 0 Å². The molecule has 1 fully saturated rings. The molecule has 0 amide bonds. The van der Waals surface area contributed by atoms with Gasteiger partial charge in [0.25, 0.3) is 0 Å². The summed E-state index contributed by atoms with van der Waals surface area (Å²) in [6.07, 6.45) is 7.14. The van der Waals surface area contributed by atoms with Crippen molar-refractivity contribution in [3.05, 3.63) is 24.3 Å². The van der Waals surface area contributed by atoms with E-state index in [2.05, 4.69) is 67.2 Å². The van der Waals surface area contributed by atoms with Gasteiger partial charge in [-0.05, 0) is 40.6 Å². The summed E-state index contributed by atoms with van der Waals surface area (Å²) in [5.41, 5.74) is 2.18. The zero-order valence-corrected chi connectivity index (χ0v) is 12.9. The van der Waals surface area contributed by atoms with Gasteiger partial charge in [-0.25, -0.2) is 0 Å². The standard InChI is InChI=1S/C17H30/c1-13-11-16(6,7)17(8,12-13)14(2)9-10-15(3,4)5/h9-10,13H,2,11-12H2,1,3-8H3/b10-9+. The van der Waals surface area contributed by atoms with E-state index < -0.39 is 0 Å². The lowest BCUT2D eigenvalue weighted by Crippen LogP contribution is -2.30. The van der Waals surface area contributed by atoms with Crippen LogP contribution in [0.3, 0.4) is 0 Å². The van der Waals surface area contributed by atoms with Crippen LogP contribution in [0, 0.1) is 22.2 Å². The molecule has 1 aliphatic rings. The van der Waals surface area contributed by atoms with Crippen LogP contribution in [-0.2, 0) is 0 Å². The number of hydrogen-bond donors (Lipinski definition) is 0. The minimum atomic E-state index is 0.244. The fourth-order valence-corrected chi connectivity index (χ4v) is 3.24. The predicted molar refractivity (Wildman–Crippen MR) is 78.0 cm³/mol.